The highest BCUT2D eigenvalue weighted by Crippen LogP contribution is 2.15. The summed E-state index contributed by atoms with van der Waals surface area (Å²) in [5.74, 6) is -0.629. The van der Waals surface area contributed by atoms with Gasteiger partial charge >= 0.3 is 0 Å². The zero-order chi connectivity index (χ0) is 12.1. The highest BCUT2D eigenvalue weighted by molar-refractivity contribution is 5.98. The minimum atomic E-state index is -0.662. The van der Waals surface area contributed by atoms with E-state index in [1.165, 1.54) is 12.3 Å². The molecular formula is C9H10N4O3. The van der Waals surface area contributed by atoms with Crippen molar-refractivity contribution >= 4 is 17.3 Å². The zero-order valence-corrected chi connectivity index (χ0v) is 8.80. The van der Waals surface area contributed by atoms with Crippen LogP contribution in [0.3, 0.4) is 0 Å². The Bertz CT molecular complexity index is 452. The SMILES string of the molecule is CC(C)=NNC(=O)c1ccncc1[N+](=O)[O-]. The molecule has 1 aromatic rings. The average Bonchev–Trinajstić information content (AvgIpc) is 2.25. The van der Waals surface area contributed by atoms with Crippen LogP contribution in [-0.4, -0.2) is 21.5 Å². The zero-order valence-electron chi connectivity index (χ0n) is 8.80. The number of aromatic nitrogens is 1. The lowest BCUT2D eigenvalue weighted by Crippen LogP contribution is -2.19. The molecule has 1 rings (SSSR count). The van der Waals surface area contributed by atoms with Crippen molar-refractivity contribution in [2.24, 2.45) is 5.10 Å². The summed E-state index contributed by atoms with van der Waals surface area (Å²) in [5.41, 5.74) is 2.45. The first-order valence-corrected chi connectivity index (χ1v) is 4.42. The van der Waals surface area contributed by atoms with E-state index in [9.17, 15) is 14.9 Å². The van der Waals surface area contributed by atoms with Gasteiger partial charge in [0, 0.05) is 11.9 Å². The van der Waals surface area contributed by atoms with E-state index in [-0.39, 0.29) is 11.3 Å². The topological polar surface area (TPSA) is 97.5 Å². The van der Waals surface area contributed by atoms with Crippen molar-refractivity contribution < 1.29 is 9.72 Å². The quantitative estimate of drug-likeness (QED) is 0.470. The fourth-order valence-electron chi connectivity index (χ4n) is 0.946. The highest BCUT2D eigenvalue weighted by atomic mass is 16.6. The van der Waals surface area contributed by atoms with Crippen LogP contribution in [0.25, 0.3) is 0 Å². The van der Waals surface area contributed by atoms with Crippen LogP contribution >= 0.6 is 0 Å². The lowest BCUT2D eigenvalue weighted by atomic mass is 10.2. The monoisotopic (exact) mass is 222 g/mol. The molecule has 1 aromatic heterocycles. The van der Waals surface area contributed by atoms with E-state index in [2.05, 4.69) is 15.5 Å². The molecule has 0 atom stereocenters. The summed E-state index contributed by atoms with van der Waals surface area (Å²) in [6.07, 6.45) is 2.34. The van der Waals surface area contributed by atoms with Crippen LogP contribution < -0.4 is 5.43 Å². The molecule has 0 aliphatic carbocycles. The number of amides is 1. The third-order valence-corrected chi connectivity index (χ3v) is 1.62. The van der Waals surface area contributed by atoms with Crippen molar-refractivity contribution in [3.05, 3.63) is 34.1 Å². The number of nitro groups is 1. The number of nitrogens with zero attached hydrogens (tertiary/aromatic N) is 3. The van der Waals surface area contributed by atoms with Gasteiger partial charge in [0.25, 0.3) is 11.6 Å². The summed E-state index contributed by atoms with van der Waals surface area (Å²) < 4.78 is 0. The number of hydrogen-bond donors (Lipinski definition) is 1. The van der Waals surface area contributed by atoms with Gasteiger partial charge in [0.05, 0.1) is 4.92 Å². The van der Waals surface area contributed by atoms with E-state index < -0.39 is 10.8 Å². The molecule has 0 aliphatic heterocycles. The van der Waals surface area contributed by atoms with Crippen LogP contribution in [0.15, 0.2) is 23.6 Å². The van der Waals surface area contributed by atoms with Gasteiger partial charge in [0.2, 0.25) is 0 Å². The van der Waals surface area contributed by atoms with Gasteiger partial charge in [-0.3, -0.25) is 19.9 Å². The molecule has 0 bridgehead atoms. The molecule has 0 aliphatic rings. The lowest BCUT2D eigenvalue weighted by Gasteiger charge is -2.00. The van der Waals surface area contributed by atoms with E-state index in [1.54, 1.807) is 13.8 Å². The molecule has 0 saturated heterocycles. The van der Waals surface area contributed by atoms with E-state index in [0.717, 1.165) is 6.20 Å². The lowest BCUT2D eigenvalue weighted by molar-refractivity contribution is -0.385. The first-order chi connectivity index (χ1) is 7.52. The summed E-state index contributed by atoms with van der Waals surface area (Å²) >= 11 is 0. The molecule has 0 spiro atoms. The Balaban J connectivity index is 2.99. The normalized spacial score (nSPS) is 9.38. The van der Waals surface area contributed by atoms with Crippen molar-refractivity contribution in [2.45, 2.75) is 13.8 Å². The first kappa shape index (κ1) is 11.8. The van der Waals surface area contributed by atoms with Crippen LogP contribution in [0, 0.1) is 10.1 Å². The highest BCUT2D eigenvalue weighted by Gasteiger charge is 2.19. The number of carbonyl (C=O) groups excluding carboxylic acids is 1. The summed E-state index contributed by atoms with van der Waals surface area (Å²) in [7, 11) is 0. The standard InChI is InChI=1S/C9H10N4O3/c1-6(2)11-12-9(14)7-3-4-10-5-8(7)13(15)16/h3-5H,1-2H3,(H,12,14). The van der Waals surface area contributed by atoms with Crippen LogP contribution in [-0.2, 0) is 0 Å². The molecule has 84 valence electrons. The minimum Gasteiger partial charge on any atom is -0.267 e. The number of nitrogens with one attached hydrogen (secondary N) is 1. The predicted molar refractivity (Wildman–Crippen MR) is 57.1 cm³/mol. The summed E-state index contributed by atoms with van der Waals surface area (Å²) in [6.45, 7) is 3.39. The van der Waals surface area contributed by atoms with Crippen molar-refractivity contribution in [1.82, 2.24) is 10.4 Å². The second kappa shape index (κ2) is 4.96. The molecular weight excluding hydrogens is 212 g/mol. The Labute approximate surface area is 91.3 Å². The molecule has 7 heteroatoms. The van der Waals surface area contributed by atoms with Crippen LogP contribution in [0.1, 0.15) is 24.2 Å². The van der Waals surface area contributed by atoms with Crippen LogP contribution in [0.2, 0.25) is 0 Å². The fourth-order valence-corrected chi connectivity index (χ4v) is 0.946. The molecule has 0 unspecified atom stereocenters. The third kappa shape index (κ3) is 2.84. The van der Waals surface area contributed by atoms with Gasteiger partial charge in [-0.25, -0.2) is 5.43 Å². The fraction of sp³-hybridized carbons (Fsp3) is 0.222. The molecule has 1 amide bonds. The van der Waals surface area contributed by atoms with Gasteiger partial charge in [0.15, 0.2) is 0 Å². The Kier molecular flexibility index (Phi) is 3.65. The number of rotatable bonds is 3. The maximum Gasteiger partial charge on any atom is 0.300 e. The van der Waals surface area contributed by atoms with Gasteiger partial charge in [-0.2, -0.15) is 5.10 Å². The summed E-state index contributed by atoms with van der Waals surface area (Å²) in [6, 6.07) is 1.27. The van der Waals surface area contributed by atoms with Gasteiger partial charge < -0.3 is 0 Å². The summed E-state index contributed by atoms with van der Waals surface area (Å²) in [4.78, 5) is 25.1. The number of carbonyl (C=O) groups is 1. The number of hydrazone groups is 1. The third-order valence-electron chi connectivity index (χ3n) is 1.62. The Morgan fingerprint density at radius 3 is 2.81 bits per heavy atom. The van der Waals surface area contributed by atoms with Crippen LogP contribution in [0.5, 0.6) is 0 Å². The van der Waals surface area contributed by atoms with Crippen molar-refractivity contribution in [1.29, 1.82) is 0 Å². The maximum atomic E-state index is 11.5. The Morgan fingerprint density at radius 1 is 1.56 bits per heavy atom. The van der Waals surface area contributed by atoms with Gasteiger partial charge in [0.1, 0.15) is 11.8 Å². The molecule has 0 aromatic carbocycles. The van der Waals surface area contributed by atoms with Gasteiger partial charge in [-0.15, -0.1) is 0 Å². The minimum absolute atomic E-state index is 0.0648. The van der Waals surface area contributed by atoms with Crippen molar-refractivity contribution in [3.8, 4) is 0 Å². The average molecular weight is 222 g/mol. The van der Waals surface area contributed by atoms with Gasteiger partial charge in [-0.1, -0.05) is 0 Å². The first-order valence-electron chi connectivity index (χ1n) is 4.42. The maximum absolute atomic E-state index is 11.5. The Morgan fingerprint density at radius 2 is 2.25 bits per heavy atom. The molecule has 0 fully saturated rings. The Hall–Kier alpha value is -2.31. The largest absolute Gasteiger partial charge is 0.300 e. The van der Waals surface area contributed by atoms with Crippen molar-refractivity contribution in [3.63, 3.8) is 0 Å². The van der Waals surface area contributed by atoms with Crippen LogP contribution in [0.4, 0.5) is 5.69 Å². The number of pyridine rings is 1. The van der Waals surface area contributed by atoms with E-state index >= 15 is 0 Å². The smallest absolute Gasteiger partial charge is 0.267 e. The summed E-state index contributed by atoms with van der Waals surface area (Å²) in [5, 5.41) is 14.3. The molecule has 16 heavy (non-hydrogen) atoms. The molecule has 1 heterocycles. The second-order valence-electron chi connectivity index (χ2n) is 3.15. The molecule has 0 radical (unpaired) electrons. The van der Waals surface area contributed by atoms with E-state index in [1.807, 2.05) is 0 Å². The second-order valence-corrected chi connectivity index (χ2v) is 3.15. The molecule has 1 N–H and O–H groups in total. The molecule has 7 nitrogen and oxygen atoms in total. The van der Waals surface area contributed by atoms with Crippen molar-refractivity contribution in [2.75, 3.05) is 0 Å². The van der Waals surface area contributed by atoms with Gasteiger partial charge in [-0.05, 0) is 19.9 Å². The predicted octanol–water partition coefficient (Wildman–Crippen LogP) is 1.12. The molecule has 0 saturated carbocycles. The van der Waals surface area contributed by atoms with E-state index in [4.69, 9.17) is 0 Å². The number of hydrogen-bond acceptors (Lipinski definition) is 5. The van der Waals surface area contributed by atoms with E-state index in [0.29, 0.717) is 5.71 Å².